The van der Waals surface area contributed by atoms with Gasteiger partial charge in [0.2, 0.25) is 5.91 Å². The summed E-state index contributed by atoms with van der Waals surface area (Å²) in [7, 11) is 0. The molecule has 0 unspecified atom stereocenters. The van der Waals surface area contributed by atoms with Gasteiger partial charge in [-0.25, -0.2) is 9.78 Å². The zero-order valence-corrected chi connectivity index (χ0v) is 17.7. The quantitative estimate of drug-likeness (QED) is 0.530. The number of aryl methyl sites for hydroxylation is 1. The van der Waals surface area contributed by atoms with Gasteiger partial charge in [0.05, 0.1) is 18.7 Å². The molecule has 3 aromatic rings. The minimum absolute atomic E-state index is 0.0861. The van der Waals surface area contributed by atoms with Gasteiger partial charge in [-0.05, 0) is 29.2 Å². The number of carboxylic acid groups (broad SMARTS) is 1. The number of fused-ring (bicyclic) bond motifs is 1. The van der Waals surface area contributed by atoms with E-state index in [-0.39, 0.29) is 29.6 Å². The van der Waals surface area contributed by atoms with E-state index in [4.69, 9.17) is 0 Å². The van der Waals surface area contributed by atoms with Gasteiger partial charge in [-0.1, -0.05) is 55.8 Å². The number of anilines is 1. The first-order valence-corrected chi connectivity index (χ1v) is 10.6. The van der Waals surface area contributed by atoms with E-state index in [1.165, 1.54) is 0 Å². The van der Waals surface area contributed by atoms with Crippen LogP contribution in [0.5, 0.6) is 0 Å². The standard InChI is InChI=1S/C24H24N4O4/c1-2-3-8-19-26-21-22(27-20(29)13-25-23(21)30)28(19)14-15-9-11-16(12-10-15)17-6-4-5-7-18(17)24(31)32/h4-7,9-12H,2-3,8,13-14H2,1H3,(H,25,30)(H,27,29)(H,31,32). The number of aromatic carboxylic acids is 1. The summed E-state index contributed by atoms with van der Waals surface area (Å²) >= 11 is 0. The highest BCUT2D eigenvalue weighted by Gasteiger charge is 2.27. The van der Waals surface area contributed by atoms with Gasteiger partial charge in [-0.15, -0.1) is 0 Å². The Morgan fingerprint density at radius 2 is 1.88 bits per heavy atom. The first-order valence-electron chi connectivity index (χ1n) is 10.6. The van der Waals surface area contributed by atoms with Crippen molar-refractivity contribution in [3.63, 3.8) is 0 Å². The van der Waals surface area contributed by atoms with E-state index in [1.807, 2.05) is 34.9 Å². The van der Waals surface area contributed by atoms with Crippen LogP contribution >= 0.6 is 0 Å². The number of aromatic nitrogens is 2. The number of carbonyl (C=O) groups is 3. The number of carboxylic acids is 1. The van der Waals surface area contributed by atoms with Crippen molar-refractivity contribution in [1.82, 2.24) is 14.9 Å². The van der Waals surface area contributed by atoms with Crippen molar-refractivity contribution in [3.05, 3.63) is 71.2 Å². The molecule has 1 aromatic heterocycles. The van der Waals surface area contributed by atoms with Gasteiger partial charge in [-0.3, -0.25) is 9.59 Å². The Kier molecular flexibility index (Phi) is 6.02. The highest BCUT2D eigenvalue weighted by Crippen LogP contribution is 2.26. The maximum Gasteiger partial charge on any atom is 0.336 e. The lowest BCUT2D eigenvalue weighted by molar-refractivity contribution is -0.115. The summed E-state index contributed by atoms with van der Waals surface area (Å²) in [5, 5.41) is 14.8. The van der Waals surface area contributed by atoms with Crippen LogP contribution in [0.25, 0.3) is 11.1 Å². The van der Waals surface area contributed by atoms with E-state index in [9.17, 15) is 19.5 Å². The second-order valence-electron chi connectivity index (χ2n) is 7.69. The molecule has 1 aliphatic heterocycles. The third kappa shape index (κ3) is 4.25. The van der Waals surface area contributed by atoms with Crippen LogP contribution in [0, 0.1) is 0 Å². The predicted molar refractivity (Wildman–Crippen MR) is 120 cm³/mol. The first kappa shape index (κ1) is 21.3. The molecule has 2 heterocycles. The second-order valence-corrected chi connectivity index (χ2v) is 7.69. The average molecular weight is 432 g/mol. The van der Waals surface area contributed by atoms with Gasteiger partial charge in [0, 0.05) is 6.42 Å². The van der Waals surface area contributed by atoms with Crippen molar-refractivity contribution in [2.24, 2.45) is 0 Å². The zero-order chi connectivity index (χ0) is 22.7. The van der Waals surface area contributed by atoms with Crippen molar-refractivity contribution in [2.75, 3.05) is 11.9 Å². The van der Waals surface area contributed by atoms with E-state index in [1.54, 1.807) is 18.2 Å². The lowest BCUT2D eigenvalue weighted by atomic mass is 9.99. The maximum absolute atomic E-state index is 12.4. The Morgan fingerprint density at radius 3 is 2.59 bits per heavy atom. The molecule has 0 bridgehead atoms. The molecule has 4 rings (SSSR count). The van der Waals surface area contributed by atoms with Crippen LogP contribution in [-0.2, 0) is 17.8 Å². The molecule has 0 fully saturated rings. The number of nitrogens with one attached hydrogen (secondary N) is 2. The molecule has 0 aliphatic carbocycles. The number of carbonyl (C=O) groups excluding carboxylic acids is 2. The Balaban J connectivity index is 1.68. The number of hydrogen-bond donors (Lipinski definition) is 3. The van der Waals surface area contributed by atoms with E-state index in [2.05, 4.69) is 22.5 Å². The third-order valence-corrected chi connectivity index (χ3v) is 5.45. The van der Waals surface area contributed by atoms with Crippen molar-refractivity contribution in [2.45, 2.75) is 32.7 Å². The largest absolute Gasteiger partial charge is 0.478 e. The number of imidazole rings is 1. The predicted octanol–water partition coefficient (Wildman–Crippen LogP) is 3.32. The lowest BCUT2D eigenvalue weighted by Crippen LogP contribution is -2.29. The fraction of sp³-hybridized carbons (Fsp3) is 0.250. The number of nitrogens with zero attached hydrogens (tertiary/aromatic N) is 2. The zero-order valence-electron chi connectivity index (χ0n) is 17.7. The van der Waals surface area contributed by atoms with Crippen LogP contribution in [0.3, 0.4) is 0 Å². The molecule has 0 radical (unpaired) electrons. The molecule has 32 heavy (non-hydrogen) atoms. The summed E-state index contributed by atoms with van der Waals surface area (Å²) in [6, 6.07) is 14.5. The summed E-state index contributed by atoms with van der Waals surface area (Å²) in [5.74, 6) is -0.470. The van der Waals surface area contributed by atoms with E-state index in [0.29, 0.717) is 24.3 Å². The molecular weight excluding hydrogens is 408 g/mol. The van der Waals surface area contributed by atoms with Crippen molar-refractivity contribution < 1.29 is 19.5 Å². The Hall–Kier alpha value is -3.94. The van der Waals surface area contributed by atoms with Gasteiger partial charge in [0.25, 0.3) is 5.91 Å². The molecule has 2 amide bonds. The molecule has 0 atom stereocenters. The molecule has 2 aromatic carbocycles. The number of amides is 2. The number of hydrogen-bond acceptors (Lipinski definition) is 4. The van der Waals surface area contributed by atoms with Crippen LogP contribution in [0.2, 0.25) is 0 Å². The summed E-state index contributed by atoms with van der Waals surface area (Å²) in [6.07, 6.45) is 2.58. The Bertz CT molecular complexity index is 1180. The molecular formula is C24H24N4O4. The molecule has 0 spiro atoms. The molecule has 8 nitrogen and oxygen atoms in total. The van der Waals surface area contributed by atoms with Gasteiger partial charge in [0.15, 0.2) is 5.69 Å². The summed E-state index contributed by atoms with van der Waals surface area (Å²) in [5.41, 5.74) is 2.87. The van der Waals surface area contributed by atoms with Crippen LogP contribution in [-0.4, -0.2) is 39.0 Å². The van der Waals surface area contributed by atoms with Crippen LogP contribution < -0.4 is 10.6 Å². The minimum atomic E-state index is -0.972. The van der Waals surface area contributed by atoms with Crippen molar-refractivity contribution >= 4 is 23.6 Å². The Morgan fingerprint density at radius 1 is 1.12 bits per heavy atom. The highest BCUT2D eigenvalue weighted by atomic mass is 16.4. The van der Waals surface area contributed by atoms with Crippen LogP contribution in [0.1, 0.15) is 52.0 Å². The second kappa shape index (κ2) is 9.05. The van der Waals surface area contributed by atoms with Gasteiger partial charge in [0.1, 0.15) is 11.6 Å². The number of rotatable bonds is 7. The van der Waals surface area contributed by atoms with Crippen LogP contribution in [0.4, 0.5) is 5.82 Å². The SMILES string of the molecule is CCCCc1nc2c(n1Cc1ccc(-c3ccccc3C(=O)O)cc1)NC(=O)CNC2=O. The van der Waals surface area contributed by atoms with Crippen molar-refractivity contribution in [1.29, 1.82) is 0 Å². The minimum Gasteiger partial charge on any atom is -0.478 e. The third-order valence-electron chi connectivity index (χ3n) is 5.45. The normalized spacial score (nSPS) is 13.2. The average Bonchev–Trinajstić information content (AvgIpc) is 3.05. The fourth-order valence-electron chi connectivity index (χ4n) is 3.79. The number of unbranched alkanes of at least 4 members (excludes halogenated alkanes) is 1. The van der Waals surface area contributed by atoms with Crippen LogP contribution in [0.15, 0.2) is 48.5 Å². The van der Waals surface area contributed by atoms with Gasteiger partial charge >= 0.3 is 5.97 Å². The monoisotopic (exact) mass is 432 g/mol. The van der Waals surface area contributed by atoms with Crippen molar-refractivity contribution in [3.8, 4) is 11.1 Å². The molecule has 0 saturated carbocycles. The molecule has 0 saturated heterocycles. The molecule has 8 heteroatoms. The fourth-order valence-corrected chi connectivity index (χ4v) is 3.79. The molecule has 1 aliphatic rings. The highest BCUT2D eigenvalue weighted by molar-refractivity contribution is 6.06. The smallest absolute Gasteiger partial charge is 0.336 e. The first-order chi connectivity index (χ1) is 15.5. The molecule has 164 valence electrons. The van der Waals surface area contributed by atoms with E-state index >= 15 is 0 Å². The topological polar surface area (TPSA) is 113 Å². The maximum atomic E-state index is 12.4. The summed E-state index contributed by atoms with van der Waals surface area (Å²) in [4.78, 5) is 40.6. The van der Waals surface area contributed by atoms with E-state index < -0.39 is 5.97 Å². The summed E-state index contributed by atoms with van der Waals surface area (Å²) in [6.45, 7) is 2.42. The van der Waals surface area contributed by atoms with E-state index in [0.717, 1.165) is 29.8 Å². The summed E-state index contributed by atoms with van der Waals surface area (Å²) < 4.78 is 1.88. The van der Waals surface area contributed by atoms with Gasteiger partial charge < -0.3 is 20.3 Å². The lowest BCUT2D eigenvalue weighted by Gasteiger charge is -2.13. The molecule has 3 N–H and O–H groups in total. The Labute approximate surface area is 185 Å². The number of benzene rings is 2. The van der Waals surface area contributed by atoms with Gasteiger partial charge in [-0.2, -0.15) is 0 Å².